The smallest absolute Gasteiger partial charge is 0.232 e. The lowest BCUT2D eigenvalue weighted by Crippen LogP contribution is -2.37. The number of hydrogen-bond donors (Lipinski definition) is 3. The molecule has 31 heavy (non-hydrogen) atoms. The van der Waals surface area contributed by atoms with Gasteiger partial charge in [0.05, 0.1) is 39.6 Å². The molecule has 1 aromatic heterocycles. The van der Waals surface area contributed by atoms with Crippen LogP contribution in [-0.2, 0) is 20.8 Å². The highest BCUT2D eigenvalue weighted by atomic mass is 16.5. The van der Waals surface area contributed by atoms with Crippen LogP contribution in [0.4, 0.5) is 17.8 Å². The van der Waals surface area contributed by atoms with Crippen molar-refractivity contribution in [2.24, 2.45) is 5.73 Å². The minimum atomic E-state index is 0.519. The number of aromatic nitrogens is 3. The molecule has 1 fully saturated rings. The first-order valence-electron chi connectivity index (χ1n) is 10.7. The van der Waals surface area contributed by atoms with Crippen molar-refractivity contribution in [1.82, 2.24) is 15.0 Å². The molecule has 0 saturated carbocycles. The summed E-state index contributed by atoms with van der Waals surface area (Å²) in [5, 5.41) is 6.54. The van der Waals surface area contributed by atoms with Crippen LogP contribution in [0.2, 0.25) is 0 Å². The highest BCUT2D eigenvalue weighted by Gasteiger charge is 2.16. The summed E-state index contributed by atoms with van der Waals surface area (Å²) in [6.45, 7) is 8.81. The molecule has 1 aliphatic heterocycles. The molecule has 0 spiro atoms. The summed E-state index contributed by atoms with van der Waals surface area (Å²) in [5.41, 5.74) is 7.78. The number of benzene rings is 1. The van der Waals surface area contributed by atoms with Gasteiger partial charge in [-0.25, -0.2) is 0 Å². The van der Waals surface area contributed by atoms with Crippen molar-refractivity contribution in [1.29, 1.82) is 0 Å². The van der Waals surface area contributed by atoms with E-state index in [1.807, 2.05) is 0 Å². The van der Waals surface area contributed by atoms with Crippen LogP contribution in [0.15, 0.2) is 24.3 Å². The Labute approximate surface area is 183 Å². The first-order valence-corrected chi connectivity index (χ1v) is 10.7. The minimum Gasteiger partial charge on any atom is -0.378 e. The molecule has 1 aromatic carbocycles. The zero-order valence-corrected chi connectivity index (χ0v) is 18.2. The van der Waals surface area contributed by atoms with Crippen molar-refractivity contribution in [3.8, 4) is 0 Å². The average Bonchev–Trinajstić information content (AvgIpc) is 2.81. The maximum atomic E-state index is 5.55. The van der Waals surface area contributed by atoms with Crippen molar-refractivity contribution >= 4 is 17.8 Å². The minimum absolute atomic E-state index is 0.519. The van der Waals surface area contributed by atoms with E-state index in [9.17, 15) is 0 Å². The third-order valence-electron chi connectivity index (χ3n) is 4.65. The Bertz CT molecular complexity index is 770. The van der Waals surface area contributed by atoms with Gasteiger partial charge in [0.25, 0.3) is 0 Å². The second kappa shape index (κ2) is 13.0. The zero-order valence-electron chi connectivity index (χ0n) is 18.2. The van der Waals surface area contributed by atoms with E-state index in [-0.39, 0.29) is 0 Å². The van der Waals surface area contributed by atoms with Crippen LogP contribution in [-0.4, -0.2) is 80.8 Å². The Balaban J connectivity index is 1.56. The van der Waals surface area contributed by atoms with Crippen LogP contribution in [0.1, 0.15) is 11.1 Å². The lowest BCUT2D eigenvalue weighted by atomic mass is 10.1. The van der Waals surface area contributed by atoms with Crippen molar-refractivity contribution in [3.63, 3.8) is 0 Å². The van der Waals surface area contributed by atoms with Crippen molar-refractivity contribution in [2.75, 3.05) is 81.4 Å². The number of anilines is 3. The number of nitrogens with zero attached hydrogens (tertiary/aromatic N) is 4. The quantitative estimate of drug-likeness (QED) is 0.397. The van der Waals surface area contributed by atoms with E-state index in [0.717, 1.165) is 13.1 Å². The van der Waals surface area contributed by atoms with E-state index >= 15 is 0 Å². The molecular weight excluding hydrogens is 398 g/mol. The summed E-state index contributed by atoms with van der Waals surface area (Å²) in [7, 11) is 0. The van der Waals surface area contributed by atoms with E-state index < -0.39 is 0 Å². The van der Waals surface area contributed by atoms with Gasteiger partial charge in [-0.15, -0.1) is 0 Å². The second-order valence-electron chi connectivity index (χ2n) is 7.16. The number of aryl methyl sites for hydroxylation is 1. The van der Waals surface area contributed by atoms with Gasteiger partial charge in [-0.1, -0.05) is 29.8 Å². The van der Waals surface area contributed by atoms with Gasteiger partial charge < -0.3 is 35.5 Å². The molecular formula is C21H33N7O3. The predicted molar refractivity (Wildman–Crippen MR) is 121 cm³/mol. The molecule has 3 rings (SSSR count). The van der Waals surface area contributed by atoms with Crippen molar-refractivity contribution < 1.29 is 14.2 Å². The summed E-state index contributed by atoms with van der Waals surface area (Å²) >= 11 is 0. The monoisotopic (exact) mass is 431 g/mol. The van der Waals surface area contributed by atoms with Crippen LogP contribution in [0, 0.1) is 6.92 Å². The lowest BCUT2D eigenvalue weighted by molar-refractivity contribution is 0.0547. The van der Waals surface area contributed by atoms with Gasteiger partial charge in [-0.05, 0) is 12.5 Å². The Morgan fingerprint density at radius 2 is 1.61 bits per heavy atom. The number of nitrogens with two attached hydrogens (primary N) is 1. The van der Waals surface area contributed by atoms with Crippen molar-refractivity contribution in [2.45, 2.75) is 13.5 Å². The summed E-state index contributed by atoms with van der Waals surface area (Å²) in [4.78, 5) is 15.8. The molecule has 0 bridgehead atoms. The molecule has 0 unspecified atom stereocenters. The number of nitrogens with one attached hydrogen (secondary N) is 2. The average molecular weight is 432 g/mol. The van der Waals surface area contributed by atoms with Crippen LogP contribution >= 0.6 is 0 Å². The molecule has 1 aliphatic rings. The lowest BCUT2D eigenvalue weighted by Gasteiger charge is -2.27. The fraction of sp³-hybridized carbons (Fsp3) is 0.571. The highest BCUT2D eigenvalue weighted by molar-refractivity contribution is 5.44. The molecule has 1 saturated heterocycles. The SMILES string of the molecule is Cc1ccc(CNc2nc(NCCOCCOCCN)nc(N3CCOCC3)n2)cc1. The molecule has 10 heteroatoms. The van der Waals surface area contributed by atoms with Gasteiger partial charge in [0.15, 0.2) is 0 Å². The fourth-order valence-corrected chi connectivity index (χ4v) is 2.96. The van der Waals surface area contributed by atoms with Crippen LogP contribution in [0.25, 0.3) is 0 Å². The van der Waals surface area contributed by atoms with Crippen LogP contribution in [0.5, 0.6) is 0 Å². The first kappa shape index (κ1) is 23.1. The Hall–Kier alpha value is -2.53. The Kier molecular flexibility index (Phi) is 9.71. The van der Waals surface area contributed by atoms with E-state index in [0.29, 0.717) is 77.1 Å². The molecule has 170 valence electrons. The normalized spacial score (nSPS) is 13.9. The van der Waals surface area contributed by atoms with Gasteiger partial charge in [0, 0.05) is 32.7 Å². The standard InChI is InChI=1S/C21H33N7O3/c1-17-2-4-18(5-3-17)16-24-20-25-19(23-7-11-30-15-14-29-10-6-22)26-21(27-20)28-8-12-31-13-9-28/h2-5H,6-16,22H2,1H3,(H2,23,24,25,26,27). The third-order valence-corrected chi connectivity index (χ3v) is 4.65. The van der Waals surface area contributed by atoms with E-state index in [2.05, 4.69) is 61.7 Å². The first-order chi connectivity index (χ1) is 15.2. The van der Waals surface area contributed by atoms with Gasteiger partial charge in [0.2, 0.25) is 17.8 Å². The fourth-order valence-electron chi connectivity index (χ4n) is 2.96. The van der Waals surface area contributed by atoms with Crippen LogP contribution < -0.4 is 21.3 Å². The van der Waals surface area contributed by atoms with E-state index in [4.69, 9.17) is 19.9 Å². The molecule has 10 nitrogen and oxygen atoms in total. The van der Waals surface area contributed by atoms with E-state index in [1.54, 1.807) is 0 Å². The number of rotatable bonds is 13. The van der Waals surface area contributed by atoms with Crippen molar-refractivity contribution in [3.05, 3.63) is 35.4 Å². The maximum absolute atomic E-state index is 5.55. The number of ether oxygens (including phenoxy) is 3. The topological polar surface area (TPSA) is 120 Å². The second-order valence-corrected chi connectivity index (χ2v) is 7.16. The summed E-state index contributed by atoms with van der Waals surface area (Å²) in [6, 6.07) is 8.38. The maximum Gasteiger partial charge on any atom is 0.232 e. The number of hydrogen-bond acceptors (Lipinski definition) is 10. The molecule has 0 aliphatic carbocycles. The summed E-state index contributed by atoms with van der Waals surface area (Å²) in [5.74, 6) is 1.70. The summed E-state index contributed by atoms with van der Waals surface area (Å²) in [6.07, 6.45) is 0. The van der Waals surface area contributed by atoms with Gasteiger partial charge in [0.1, 0.15) is 0 Å². The molecule has 0 radical (unpaired) electrons. The van der Waals surface area contributed by atoms with Gasteiger partial charge in [-0.3, -0.25) is 0 Å². The highest BCUT2D eigenvalue weighted by Crippen LogP contribution is 2.16. The summed E-state index contributed by atoms with van der Waals surface area (Å²) < 4.78 is 16.3. The van der Waals surface area contributed by atoms with E-state index in [1.165, 1.54) is 11.1 Å². The molecule has 2 aromatic rings. The Morgan fingerprint density at radius 3 is 2.32 bits per heavy atom. The number of morpholine rings is 1. The third kappa shape index (κ3) is 8.25. The largest absolute Gasteiger partial charge is 0.378 e. The predicted octanol–water partition coefficient (Wildman–Crippen LogP) is 1.03. The molecule has 0 atom stereocenters. The Morgan fingerprint density at radius 1 is 0.935 bits per heavy atom. The zero-order chi connectivity index (χ0) is 21.7. The molecule has 4 N–H and O–H groups in total. The molecule has 0 amide bonds. The van der Waals surface area contributed by atoms with Gasteiger partial charge >= 0.3 is 0 Å². The molecule has 2 heterocycles. The van der Waals surface area contributed by atoms with Crippen LogP contribution in [0.3, 0.4) is 0 Å². The van der Waals surface area contributed by atoms with Gasteiger partial charge in [-0.2, -0.15) is 15.0 Å².